The number of halogens is 2. The molecule has 0 radical (unpaired) electrons. The van der Waals surface area contributed by atoms with Crippen LogP contribution in [0.3, 0.4) is 0 Å². The van der Waals surface area contributed by atoms with E-state index in [1.54, 1.807) is 35.5 Å². The summed E-state index contributed by atoms with van der Waals surface area (Å²) in [5.74, 6) is 0.230. The number of carbonyl (C=O) groups excluding carboxylic acids is 1. The molecule has 1 aliphatic heterocycles. The number of carbonyl (C=O) groups is 1. The molecule has 0 unspecified atom stereocenters. The van der Waals surface area contributed by atoms with Crippen molar-refractivity contribution in [2.75, 3.05) is 17.6 Å². The van der Waals surface area contributed by atoms with Crippen LogP contribution in [0.5, 0.6) is 0 Å². The van der Waals surface area contributed by atoms with E-state index in [4.69, 9.17) is 5.73 Å². The van der Waals surface area contributed by atoms with Crippen molar-refractivity contribution in [3.8, 4) is 11.1 Å². The third-order valence-electron chi connectivity index (χ3n) is 6.48. The van der Waals surface area contributed by atoms with Gasteiger partial charge in [0.25, 0.3) is 0 Å². The van der Waals surface area contributed by atoms with Crippen molar-refractivity contribution in [1.29, 1.82) is 0 Å². The lowest BCUT2D eigenvalue weighted by Crippen LogP contribution is -2.47. The zero-order valence-corrected chi connectivity index (χ0v) is 20.5. The number of nitrogens with two attached hydrogens (primary N) is 1. The molecule has 4 aromatic rings. The van der Waals surface area contributed by atoms with E-state index >= 15 is 4.39 Å². The number of hydrogen-bond acceptors (Lipinski definition) is 6. The number of benzene rings is 1. The van der Waals surface area contributed by atoms with Gasteiger partial charge in [0.2, 0.25) is 5.91 Å². The van der Waals surface area contributed by atoms with Crippen LogP contribution in [-0.2, 0) is 11.3 Å². The highest BCUT2D eigenvalue weighted by Gasteiger charge is 2.34. The van der Waals surface area contributed by atoms with Gasteiger partial charge in [0.15, 0.2) is 12.0 Å². The molecule has 1 amide bonds. The van der Waals surface area contributed by atoms with Gasteiger partial charge in [0.1, 0.15) is 18.2 Å². The Morgan fingerprint density at radius 1 is 1.06 bits per heavy atom. The Balaban J connectivity index is 1.45. The SMILES string of the molecule is Cc1c(N)cncc1-c1cc2cc(Nc3cc4n(n3)CC(=O)N(C(C)(C)C)C[C@@H]4F)ncc2cc1F. The van der Waals surface area contributed by atoms with Gasteiger partial charge in [-0.2, -0.15) is 5.10 Å². The number of nitrogens with one attached hydrogen (secondary N) is 1. The third kappa shape index (κ3) is 4.23. The molecular weight excluding hydrogens is 464 g/mol. The molecule has 0 saturated carbocycles. The largest absolute Gasteiger partial charge is 0.397 e. The Kier molecular flexibility index (Phi) is 5.61. The van der Waals surface area contributed by atoms with Crippen LogP contribution in [0, 0.1) is 12.7 Å². The number of alkyl halides is 1. The zero-order chi connectivity index (χ0) is 25.8. The van der Waals surface area contributed by atoms with Gasteiger partial charge in [0, 0.05) is 40.5 Å². The van der Waals surface area contributed by atoms with Gasteiger partial charge in [-0.25, -0.2) is 13.8 Å². The first-order valence-corrected chi connectivity index (χ1v) is 11.6. The van der Waals surface area contributed by atoms with Gasteiger partial charge in [-0.05, 0) is 56.8 Å². The van der Waals surface area contributed by atoms with E-state index in [2.05, 4.69) is 20.4 Å². The normalized spacial score (nSPS) is 16.2. The molecule has 4 heterocycles. The van der Waals surface area contributed by atoms with Crippen LogP contribution in [0.15, 0.2) is 42.9 Å². The van der Waals surface area contributed by atoms with Gasteiger partial charge < -0.3 is 16.0 Å². The summed E-state index contributed by atoms with van der Waals surface area (Å²) < 4.78 is 31.4. The van der Waals surface area contributed by atoms with Crippen molar-refractivity contribution in [2.45, 2.75) is 46.0 Å². The molecule has 1 aliphatic rings. The van der Waals surface area contributed by atoms with Crippen LogP contribution in [0.25, 0.3) is 21.9 Å². The van der Waals surface area contributed by atoms with E-state index in [-0.39, 0.29) is 19.0 Å². The number of fused-ring (bicyclic) bond motifs is 2. The van der Waals surface area contributed by atoms with Crippen LogP contribution in [0.2, 0.25) is 0 Å². The Bertz CT molecular complexity index is 1490. The maximum Gasteiger partial charge on any atom is 0.244 e. The second-order valence-electron chi connectivity index (χ2n) is 10.0. The number of anilines is 3. The van der Waals surface area contributed by atoms with Gasteiger partial charge in [-0.1, -0.05) is 0 Å². The Morgan fingerprint density at radius 2 is 1.83 bits per heavy atom. The fraction of sp³-hybridized carbons (Fsp3) is 0.308. The Hall–Kier alpha value is -4.08. The minimum absolute atomic E-state index is 0.0334. The molecule has 1 aromatic carbocycles. The van der Waals surface area contributed by atoms with Gasteiger partial charge in [-0.15, -0.1) is 0 Å². The number of amides is 1. The van der Waals surface area contributed by atoms with Crippen molar-refractivity contribution in [3.05, 3.63) is 59.9 Å². The molecule has 3 N–H and O–H groups in total. The smallest absolute Gasteiger partial charge is 0.244 e. The van der Waals surface area contributed by atoms with E-state index in [1.165, 1.54) is 16.9 Å². The predicted octanol–water partition coefficient (Wildman–Crippen LogP) is 4.92. The summed E-state index contributed by atoms with van der Waals surface area (Å²) in [4.78, 5) is 22.7. The number of aromatic nitrogens is 4. The van der Waals surface area contributed by atoms with Crippen molar-refractivity contribution in [1.82, 2.24) is 24.6 Å². The topological polar surface area (TPSA) is 102 Å². The summed E-state index contributed by atoms with van der Waals surface area (Å²) in [5.41, 5.74) is 8.03. The van der Waals surface area contributed by atoms with Crippen LogP contribution < -0.4 is 11.1 Å². The van der Waals surface area contributed by atoms with Crippen molar-refractivity contribution in [2.24, 2.45) is 0 Å². The second kappa shape index (κ2) is 8.54. The molecule has 0 bridgehead atoms. The van der Waals surface area contributed by atoms with Crippen LogP contribution in [0.1, 0.15) is 38.2 Å². The first-order valence-electron chi connectivity index (χ1n) is 11.6. The molecule has 0 spiro atoms. The minimum Gasteiger partial charge on any atom is -0.397 e. The summed E-state index contributed by atoms with van der Waals surface area (Å²) in [5, 5.41) is 8.84. The zero-order valence-electron chi connectivity index (χ0n) is 20.5. The Labute approximate surface area is 207 Å². The van der Waals surface area contributed by atoms with Crippen molar-refractivity contribution in [3.63, 3.8) is 0 Å². The Morgan fingerprint density at radius 3 is 2.58 bits per heavy atom. The quantitative estimate of drug-likeness (QED) is 0.422. The third-order valence-corrected chi connectivity index (χ3v) is 6.48. The van der Waals surface area contributed by atoms with E-state index in [0.29, 0.717) is 39.5 Å². The molecular formula is C26H27F2N7O. The average Bonchev–Trinajstić information content (AvgIpc) is 3.15. The first-order chi connectivity index (χ1) is 17.0. The number of pyridine rings is 2. The van der Waals surface area contributed by atoms with E-state index in [9.17, 15) is 9.18 Å². The molecule has 0 saturated heterocycles. The van der Waals surface area contributed by atoms with Crippen LogP contribution in [0.4, 0.5) is 26.1 Å². The van der Waals surface area contributed by atoms with Gasteiger partial charge in [-0.3, -0.25) is 14.5 Å². The fourth-order valence-corrected chi connectivity index (χ4v) is 4.47. The standard InChI is InChI=1S/C26H27F2N7O/c1-14-18(10-30-11-21(14)29)17-5-15-7-23(31-9-16(15)6-19(17)27)32-24-8-22-20(28)12-34(26(2,3)4)25(36)13-35(22)33-24/h5-11,20H,12-13,29H2,1-4H3,(H,31,32,33)/t20-/m0/s1. The van der Waals surface area contributed by atoms with Crippen molar-refractivity contribution >= 4 is 34.0 Å². The number of hydrogen-bond donors (Lipinski definition) is 2. The van der Waals surface area contributed by atoms with E-state index in [0.717, 1.165) is 10.9 Å². The number of rotatable bonds is 3. The van der Waals surface area contributed by atoms with Crippen LogP contribution in [-0.4, -0.2) is 42.6 Å². The van der Waals surface area contributed by atoms with Gasteiger partial charge >= 0.3 is 0 Å². The number of nitrogens with zero attached hydrogens (tertiary/aromatic N) is 5. The lowest BCUT2D eigenvalue weighted by atomic mass is 9.99. The maximum absolute atomic E-state index is 15.1. The van der Waals surface area contributed by atoms with E-state index < -0.39 is 17.5 Å². The van der Waals surface area contributed by atoms with Crippen LogP contribution >= 0.6 is 0 Å². The molecule has 36 heavy (non-hydrogen) atoms. The molecule has 10 heteroatoms. The van der Waals surface area contributed by atoms with Crippen molar-refractivity contribution < 1.29 is 13.6 Å². The molecule has 8 nitrogen and oxygen atoms in total. The molecule has 5 rings (SSSR count). The minimum atomic E-state index is -1.37. The second-order valence-corrected chi connectivity index (χ2v) is 10.0. The first kappa shape index (κ1) is 23.7. The highest BCUT2D eigenvalue weighted by Crippen LogP contribution is 2.33. The predicted molar refractivity (Wildman–Crippen MR) is 135 cm³/mol. The van der Waals surface area contributed by atoms with E-state index in [1.807, 2.05) is 27.7 Å². The average molecular weight is 492 g/mol. The molecule has 186 valence electrons. The number of nitrogen functional groups attached to an aromatic ring is 1. The molecule has 0 fully saturated rings. The van der Waals surface area contributed by atoms with Gasteiger partial charge in [0.05, 0.1) is 24.1 Å². The monoisotopic (exact) mass is 491 g/mol. The summed E-state index contributed by atoms with van der Waals surface area (Å²) in [7, 11) is 0. The highest BCUT2D eigenvalue weighted by molar-refractivity contribution is 5.90. The summed E-state index contributed by atoms with van der Waals surface area (Å²) in [6.45, 7) is 7.38. The summed E-state index contributed by atoms with van der Waals surface area (Å²) in [6.07, 6.45) is 3.30. The lowest BCUT2D eigenvalue weighted by molar-refractivity contribution is -0.137. The maximum atomic E-state index is 15.1. The molecule has 1 atom stereocenters. The summed E-state index contributed by atoms with van der Waals surface area (Å²) >= 11 is 0. The lowest BCUT2D eigenvalue weighted by Gasteiger charge is -2.35. The fourth-order valence-electron chi connectivity index (χ4n) is 4.47. The summed E-state index contributed by atoms with van der Waals surface area (Å²) in [6, 6.07) is 6.50. The molecule has 0 aliphatic carbocycles. The highest BCUT2D eigenvalue weighted by atomic mass is 19.1. The molecule has 3 aromatic heterocycles.